The number of alkyl halides is 6. The summed E-state index contributed by atoms with van der Waals surface area (Å²) in [5.74, 6) is -2.18. The zero-order valence-corrected chi connectivity index (χ0v) is 15.3. The average Bonchev–Trinajstić information content (AvgIpc) is 3.16. The van der Waals surface area contributed by atoms with Gasteiger partial charge in [-0.05, 0) is 42.0 Å². The molecule has 0 aliphatic carbocycles. The van der Waals surface area contributed by atoms with Crippen LogP contribution < -0.4 is 4.90 Å². The number of hydrogen-bond donors (Lipinski definition) is 0. The summed E-state index contributed by atoms with van der Waals surface area (Å²) >= 11 is 0. The molecule has 0 N–H and O–H groups in total. The Labute approximate surface area is 165 Å². The Morgan fingerprint density at radius 3 is 1.97 bits per heavy atom. The molecule has 0 spiro atoms. The number of nitrogens with zero attached hydrogens (tertiary/aromatic N) is 3. The minimum atomic E-state index is -4.76. The van der Waals surface area contributed by atoms with Gasteiger partial charge in [0.25, 0.3) is 0 Å². The molecule has 3 aromatic rings. The smallest absolute Gasteiger partial charge is 0.413 e. The Bertz CT molecular complexity index is 1020. The molecule has 5 nitrogen and oxygen atoms in total. The van der Waals surface area contributed by atoms with Crippen molar-refractivity contribution in [1.82, 2.24) is 10.2 Å². The lowest BCUT2D eigenvalue weighted by molar-refractivity contribution is -0.157. The molecule has 0 unspecified atom stereocenters. The van der Waals surface area contributed by atoms with E-state index in [0.717, 1.165) is 12.1 Å². The van der Waals surface area contributed by atoms with Gasteiger partial charge in [0.2, 0.25) is 11.8 Å². The number of anilines is 1. The van der Waals surface area contributed by atoms with E-state index in [4.69, 9.17) is 0 Å². The van der Waals surface area contributed by atoms with Gasteiger partial charge in [0, 0.05) is 18.2 Å². The first kappa shape index (κ1) is 21.3. The molecular weight excluding hydrogens is 416 g/mol. The number of rotatable bonds is 4. The summed E-state index contributed by atoms with van der Waals surface area (Å²) in [6.45, 7) is 1.31. The molecule has 0 fully saturated rings. The number of aromatic nitrogens is 2. The van der Waals surface area contributed by atoms with E-state index >= 15 is 0 Å². The minimum absolute atomic E-state index is 0.0403. The third-order valence-electron chi connectivity index (χ3n) is 4.10. The summed E-state index contributed by atoms with van der Waals surface area (Å²) in [6.07, 6.45) is -9.25. The highest BCUT2D eigenvalue weighted by Gasteiger charge is 2.38. The molecule has 0 saturated heterocycles. The first-order chi connectivity index (χ1) is 13.9. The van der Waals surface area contributed by atoms with Crippen LogP contribution in [0.3, 0.4) is 0 Å². The van der Waals surface area contributed by atoms with Gasteiger partial charge < -0.3 is 9.32 Å². The van der Waals surface area contributed by atoms with E-state index < -0.39 is 29.7 Å². The van der Waals surface area contributed by atoms with E-state index in [1.807, 2.05) is 0 Å². The molecule has 158 valence electrons. The van der Waals surface area contributed by atoms with Crippen LogP contribution in [0.5, 0.6) is 0 Å². The minimum Gasteiger partial charge on any atom is -0.413 e. The maximum absolute atomic E-state index is 12.7. The largest absolute Gasteiger partial charge is 0.470 e. The molecule has 3 rings (SSSR count). The van der Waals surface area contributed by atoms with Crippen molar-refractivity contribution in [3.05, 3.63) is 65.5 Å². The van der Waals surface area contributed by atoms with Crippen molar-refractivity contribution in [2.24, 2.45) is 0 Å². The SMILES string of the molecule is CC(=O)N(Cc1ccc(-c2nnc(C(F)(F)F)o2)cc1)c1ccc(C(F)(F)F)cc1. The van der Waals surface area contributed by atoms with Gasteiger partial charge in [-0.15, -0.1) is 10.2 Å². The Hall–Kier alpha value is -3.37. The average molecular weight is 429 g/mol. The second-order valence-corrected chi connectivity index (χ2v) is 6.26. The van der Waals surface area contributed by atoms with Crippen LogP contribution in [0, 0.1) is 0 Å². The number of amides is 1. The Kier molecular flexibility index (Phi) is 5.55. The van der Waals surface area contributed by atoms with Gasteiger partial charge in [0.05, 0.1) is 12.1 Å². The first-order valence-corrected chi connectivity index (χ1v) is 8.40. The number of carbonyl (C=O) groups is 1. The lowest BCUT2D eigenvalue weighted by Crippen LogP contribution is -2.27. The molecule has 30 heavy (non-hydrogen) atoms. The number of halogens is 6. The van der Waals surface area contributed by atoms with Crippen molar-refractivity contribution in [1.29, 1.82) is 0 Å². The van der Waals surface area contributed by atoms with E-state index in [1.165, 1.54) is 48.2 Å². The van der Waals surface area contributed by atoms with E-state index in [1.54, 1.807) is 0 Å². The normalized spacial score (nSPS) is 12.1. The van der Waals surface area contributed by atoms with Crippen molar-refractivity contribution in [3.63, 3.8) is 0 Å². The number of benzene rings is 2. The van der Waals surface area contributed by atoms with Crippen LogP contribution in [-0.4, -0.2) is 16.1 Å². The van der Waals surface area contributed by atoms with E-state index in [-0.39, 0.29) is 23.7 Å². The summed E-state index contributed by atoms with van der Waals surface area (Å²) < 4.78 is 80.4. The van der Waals surface area contributed by atoms with Crippen LogP contribution in [0.15, 0.2) is 52.9 Å². The van der Waals surface area contributed by atoms with Gasteiger partial charge in [-0.2, -0.15) is 26.3 Å². The van der Waals surface area contributed by atoms with Crippen LogP contribution in [0.1, 0.15) is 23.9 Å². The maximum atomic E-state index is 12.7. The Morgan fingerprint density at radius 2 is 1.50 bits per heavy atom. The van der Waals surface area contributed by atoms with Crippen molar-refractivity contribution in [2.75, 3.05) is 4.90 Å². The summed E-state index contributed by atoms with van der Waals surface area (Å²) in [5, 5.41) is 6.30. The molecule has 0 bridgehead atoms. The molecule has 1 amide bonds. The first-order valence-electron chi connectivity index (χ1n) is 8.40. The molecular formula is C19H13F6N3O2. The third-order valence-corrected chi connectivity index (χ3v) is 4.10. The molecule has 11 heteroatoms. The second-order valence-electron chi connectivity index (χ2n) is 6.26. The van der Waals surface area contributed by atoms with Crippen molar-refractivity contribution in [3.8, 4) is 11.5 Å². The molecule has 1 aromatic heterocycles. The van der Waals surface area contributed by atoms with Crippen molar-refractivity contribution in [2.45, 2.75) is 25.8 Å². The molecule has 0 atom stereocenters. The lowest BCUT2D eigenvalue weighted by Gasteiger charge is -2.22. The number of hydrogen-bond acceptors (Lipinski definition) is 4. The fourth-order valence-electron chi connectivity index (χ4n) is 2.60. The fraction of sp³-hybridized carbons (Fsp3) is 0.211. The van der Waals surface area contributed by atoms with E-state index in [2.05, 4.69) is 14.6 Å². The summed E-state index contributed by atoms with van der Waals surface area (Å²) in [4.78, 5) is 13.2. The topological polar surface area (TPSA) is 59.2 Å². The zero-order valence-electron chi connectivity index (χ0n) is 15.3. The zero-order chi connectivity index (χ0) is 22.1. The van der Waals surface area contributed by atoms with Crippen LogP contribution in [0.2, 0.25) is 0 Å². The molecule has 1 heterocycles. The lowest BCUT2D eigenvalue weighted by atomic mass is 10.1. The van der Waals surface area contributed by atoms with Crippen LogP contribution in [0.25, 0.3) is 11.5 Å². The van der Waals surface area contributed by atoms with E-state index in [0.29, 0.717) is 5.56 Å². The predicted octanol–water partition coefficient (Wildman–Crippen LogP) is 5.33. The molecule has 0 aliphatic heterocycles. The fourth-order valence-corrected chi connectivity index (χ4v) is 2.60. The van der Waals surface area contributed by atoms with Gasteiger partial charge in [-0.1, -0.05) is 12.1 Å². The molecule has 0 saturated carbocycles. The third kappa shape index (κ3) is 4.78. The summed E-state index contributed by atoms with van der Waals surface area (Å²) in [5.41, 5.74) is 0.262. The molecule has 0 radical (unpaired) electrons. The highest BCUT2D eigenvalue weighted by molar-refractivity contribution is 5.91. The van der Waals surface area contributed by atoms with Gasteiger partial charge in [0.15, 0.2) is 0 Å². The van der Waals surface area contributed by atoms with Gasteiger partial charge in [-0.25, -0.2) is 0 Å². The predicted molar refractivity (Wildman–Crippen MR) is 93.0 cm³/mol. The van der Waals surface area contributed by atoms with Crippen LogP contribution >= 0.6 is 0 Å². The highest BCUT2D eigenvalue weighted by Crippen LogP contribution is 2.32. The standard InChI is InChI=1S/C19H13F6N3O2/c1-11(29)28(15-8-6-14(7-9-15)18(20,21)22)10-12-2-4-13(5-3-12)16-26-27-17(30-16)19(23,24)25/h2-9H,10H2,1H3. The maximum Gasteiger partial charge on any atom is 0.470 e. The monoisotopic (exact) mass is 429 g/mol. The Balaban J connectivity index is 1.78. The molecule has 2 aromatic carbocycles. The second kappa shape index (κ2) is 7.81. The van der Waals surface area contributed by atoms with Crippen LogP contribution in [-0.2, 0) is 23.7 Å². The molecule has 0 aliphatic rings. The summed E-state index contributed by atoms with van der Waals surface area (Å²) in [6, 6.07) is 10.1. The van der Waals surface area contributed by atoms with Crippen molar-refractivity contribution < 1.29 is 35.6 Å². The summed E-state index contributed by atoms with van der Waals surface area (Å²) in [7, 11) is 0. The quantitative estimate of drug-likeness (QED) is 0.527. The van der Waals surface area contributed by atoms with Crippen molar-refractivity contribution >= 4 is 11.6 Å². The van der Waals surface area contributed by atoms with Crippen LogP contribution in [0.4, 0.5) is 32.0 Å². The van der Waals surface area contributed by atoms with Gasteiger partial charge >= 0.3 is 18.2 Å². The van der Waals surface area contributed by atoms with Gasteiger partial charge in [0.1, 0.15) is 0 Å². The number of carbonyl (C=O) groups excluding carboxylic acids is 1. The Morgan fingerprint density at radius 1 is 0.900 bits per heavy atom. The van der Waals surface area contributed by atoms with E-state index in [9.17, 15) is 31.1 Å². The van der Waals surface area contributed by atoms with Gasteiger partial charge in [-0.3, -0.25) is 4.79 Å². The highest BCUT2D eigenvalue weighted by atomic mass is 19.4.